The number of hydrogen-bond acceptors (Lipinski definition) is 5. The summed E-state index contributed by atoms with van der Waals surface area (Å²) in [6.07, 6.45) is 2.26. The highest BCUT2D eigenvalue weighted by Crippen LogP contribution is 2.39. The number of anilines is 1. The van der Waals surface area contributed by atoms with Gasteiger partial charge in [-0.25, -0.2) is 4.98 Å². The smallest absolute Gasteiger partial charge is 0.222 e. The molecule has 0 saturated heterocycles. The van der Waals surface area contributed by atoms with E-state index in [0.29, 0.717) is 24.2 Å². The van der Waals surface area contributed by atoms with Gasteiger partial charge in [0.1, 0.15) is 17.7 Å². The fourth-order valence-corrected chi connectivity index (χ4v) is 1.63. The molecule has 1 atom stereocenters. The Kier molecular flexibility index (Phi) is 3.47. The second-order valence-electron chi connectivity index (χ2n) is 4.56. The van der Waals surface area contributed by atoms with E-state index in [-0.39, 0.29) is 6.10 Å². The summed E-state index contributed by atoms with van der Waals surface area (Å²) in [6.45, 7) is 4.35. The monoisotopic (exact) mass is 237 g/mol. The van der Waals surface area contributed by atoms with E-state index >= 15 is 0 Å². The molecular weight excluding hydrogens is 218 g/mol. The molecule has 0 radical (unpaired) electrons. The molecular formula is C12H19N3O2. The van der Waals surface area contributed by atoms with Crippen molar-refractivity contribution in [2.75, 3.05) is 19.5 Å². The van der Waals surface area contributed by atoms with Gasteiger partial charge in [0.25, 0.3) is 0 Å². The SMILES string of the molecule is COCC(C)Oc1nc(C2CC2)nc(N)c1C. The Labute approximate surface area is 101 Å². The van der Waals surface area contributed by atoms with Gasteiger partial charge in [-0.15, -0.1) is 0 Å². The van der Waals surface area contributed by atoms with Gasteiger partial charge < -0.3 is 15.2 Å². The first-order chi connectivity index (χ1) is 8.11. The van der Waals surface area contributed by atoms with Gasteiger partial charge in [0.15, 0.2) is 0 Å². The van der Waals surface area contributed by atoms with Crippen molar-refractivity contribution in [3.63, 3.8) is 0 Å². The molecule has 1 aromatic rings. The van der Waals surface area contributed by atoms with Crippen LogP contribution in [0.25, 0.3) is 0 Å². The van der Waals surface area contributed by atoms with Gasteiger partial charge in [0.2, 0.25) is 5.88 Å². The fourth-order valence-electron chi connectivity index (χ4n) is 1.63. The zero-order valence-electron chi connectivity index (χ0n) is 10.6. The molecule has 0 bridgehead atoms. The molecule has 17 heavy (non-hydrogen) atoms. The Morgan fingerprint density at radius 2 is 2.12 bits per heavy atom. The summed E-state index contributed by atoms with van der Waals surface area (Å²) in [5, 5.41) is 0. The largest absolute Gasteiger partial charge is 0.472 e. The molecule has 1 heterocycles. The quantitative estimate of drug-likeness (QED) is 0.843. The van der Waals surface area contributed by atoms with Crippen LogP contribution in [0.4, 0.5) is 5.82 Å². The molecule has 1 aliphatic carbocycles. The minimum atomic E-state index is -0.0416. The molecule has 0 amide bonds. The number of aromatic nitrogens is 2. The zero-order chi connectivity index (χ0) is 12.4. The average Bonchev–Trinajstić information content (AvgIpc) is 3.08. The van der Waals surface area contributed by atoms with Gasteiger partial charge in [0, 0.05) is 13.0 Å². The van der Waals surface area contributed by atoms with Crippen LogP contribution in [-0.4, -0.2) is 29.8 Å². The zero-order valence-corrected chi connectivity index (χ0v) is 10.6. The van der Waals surface area contributed by atoms with Crippen molar-refractivity contribution in [2.24, 2.45) is 0 Å². The standard InChI is InChI=1S/C12H19N3O2/c1-7(6-16-3)17-12-8(2)10(13)14-11(15-12)9-4-5-9/h7,9H,4-6H2,1-3H3,(H2,13,14,15). The molecule has 5 heteroatoms. The Balaban J connectivity index is 2.19. The lowest BCUT2D eigenvalue weighted by Gasteiger charge is -2.16. The van der Waals surface area contributed by atoms with E-state index in [1.807, 2.05) is 13.8 Å². The minimum absolute atomic E-state index is 0.0416. The third-order valence-corrected chi connectivity index (χ3v) is 2.81. The molecule has 94 valence electrons. The molecule has 1 saturated carbocycles. The maximum atomic E-state index is 5.87. The van der Waals surface area contributed by atoms with Crippen LogP contribution in [0, 0.1) is 6.92 Å². The summed E-state index contributed by atoms with van der Waals surface area (Å²) in [5.41, 5.74) is 6.68. The van der Waals surface area contributed by atoms with Gasteiger partial charge in [-0.2, -0.15) is 4.98 Å². The highest BCUT2D eigenvalue weighted by Gasteiger charge is 2.28. The molecule has 1 unspecified atom stereocenters. The summed E-state index contributed by atoms with van der Waals surface area (Å²) in [6, 6.07) is 0. The van der Waals surface area contributed by atoms with E-state index in [4.69, 9.17) is 15.2 Å². The van der Waals surface area contributed by atoms with Crippen LogP contribution in [0.15, 0.2) is 0 Å². The summed E-state index contributed by atoms with van der Waals surface area (Å²) >= 11 is 0. The number of nitrogens with two attached hydrogens (primary N) is 1. The van der Waals surface area contributed by atoms with Crippen LogP contribution in [-0.2, 0) is 4.74 Å². The van der Waals surface area contributed by atoms with Gasteiger partial charge in [0.05, 0.1) is 12.2 Å². The number of ether oxygens (including phenoxy) is 2. The van der Waals surface area contributed by atoms with Crippen LogP contribution < -0.4 is 10.5 Å². The van der Waals surface area contributed by atoms with E-state index in [0.717, 1.165) is 24.2 Å². The lowest BCUT2D eigenvalue weighted by molar-refractivity contribution is 0.0882. The molecule has 2 N–H and O–H groups in total. The highest BCUT2D eigenvalue weighted by molar-refractivity contribution is 5.45. The molecule has 1 fully saturated rings. The van der Waals surface area contributed by atoms with Gasteiger partial charge in [-0.1, -0.05) is 0 Å². The van der Waals surface area contributed by atoms with Crippen LogP contribution in [0.1, 0.15) is 37.1 Å². The molecule has 1 aromatic heterocycles. The Morgan fingerprint density at radius 1 is 1.41 bits per heavy atom. The lowest BCUT2D eigenvalue weighted by atomic mass is 10.3. The van der Waals surface area contributed by atoms with Crippen molar-refractivity contribution in [1.82, 2.24) is 9.97 Å². The van der Waals surface area contributed by atoms with E-state index in [9.17, 15) is 0 Å². The topological polar surface area (TPSA) is 70.3 Å². The summed E-state index contributed by atoms with van der Waals surface area (Å²) in [7, 11) is 1.65. The van der Waals surface area contributed by atoms with Crippen LogP contribution in [0.5, 0.6) is 5.88 Å². The van der Waals surface area contributed by atoms with Crippen molar-refractivity contribution in [2.45, 2.75) is 38.7 Å². The number of nitrogens with zero attached hydrogens (tertiary/aromatic N) is 2. The maximum absolute atomic E-state index is 5.87. The molecule has 5 nitrogen and oxygen atoms in total. The van der Waals surface area contributed by atoms with Crippen LogP contribution in [0.3, 0.4) is 0 Å². The first-order valence-electron chi connectivity index (χ1n) is 5.91. The Hall–Kier alpha value is -1.36. The predicted octanol–water partition coefficient (Wildman–Crippen LogP) is 1.66. The first-order valence-corrected chi connectivity index (χ1v) is 5.91. The minimum Gasteiger partial charge on any atom is -0.472 e. The van der Waals surface area contributed by atoms with Crippen molar-refractivity contribution < 1.29 is 9.47 Å². The van der Waals surface area contributed by atoms with Crippen molar-refractivity contribution in [3.8, 4) is 5.88 Å². The van der Waals surface area contributed by atoms with Gasteiger partial charge in [-0.3, -0.25) is 0 Å². The third-order valence-electron chi connectivity index (χ3n) is 2.81. The molecule has 0 spiro atoms. The lowest BCUT2D eigenvalue weighted by Crippen LogP contribution is -2.20. The summed E-state index contributed by atoms with van der Waals surface area (Å²) in [5.74, 6) is 2.39. The van der Waals surface area contributed by atoms with Crippen molar-refractivity contribution in [1.29, 1.82) is 0 Å². The number of nitrogen functional groups attached to an aromatic ring is 1. The second-order valence-corrected chi connectivity index (χ2v) is 4.56. The van der Waals surface area contributed by atoms with E-state index in [1.165, 1.54) is 0 Å². The number of hydrogen-bond donors (Lipinski definition) is 1. The van der Waals surface area contributed by atoms with Gasteiger partial charge in [-0.05, 0) is 26.7 Å². The maximum Gasteiger partial charge on any atom is 0.222 e. The Morgan fingerprint density at radius 3 is 2.71 bits per heavy atom. The fraction of sp³-hybridized carbons (Fsp3) is 0.667. The number of methoxy groups -OCH3 is 1. The van der Waals surface area contributed by atoms with E-state index < -0.39 is 0 Å². The molecule has 1 aliphatic rings. The van der Waals surface area contributed by atoms with Gasteiger partial charge >= 0.3 is 0 Å². The average molecular weight is 237 g/mol. The predicted molar refractivity (Wildman–Crippen MR) is 65.1 cm³/mol. The summed E-state index contributed by atoms with van der Waals surface area (Å²) in [4.78, 5) is 8.75. The first kappa shape index (κ1) is 12.1. The van der Waals surface area contributed by atoms with E-state index in [2.05, 4.69) is 9.97 Å². The van der Waals surface area contributed by atoms with E-state index in [1.54, 1.807) is 7.11 Å². The number of rotatable bonds is 5. The van der Waals surface area contributed by atoms with Crippen molar-refractivity contribution in [3.05, 3.63) is 11.4 Å². The highest BCUT2D eigenvalue weighted by atomic mass is 16.5. The molecule has 2 rings (SSSR count). The normalized spacial score (nSPS) is 16.9. The van der Waals surface area contributed by atoms with Crippen molar-refractivity contribution >= 4 is 5.82 Å². The third kappa shape index (κ3) is 2.85. The Bertz CT molecular complexity index is 405. The summed E-state index contributed by atoms with van der Waals surface area (Å²) < 4.78 is 10.8. The molecule has 0 aliphatic heterocycles. The van der Waals surface area contributed by atoms with Crippen LogP contribution in [0.2, 0.25) is 0 Å². The van der Waals surface area contributed by atoms with Crippen LogP contribution >= 0.6 is 0 Å². The second kappa shape index (κ2) is 4.87. The molecule has 0 aromatic carbocycles.